The lowest BCUT2D eigenvalue weighted by molar-refractivity contribution is -0.122. The van der Waals surface area contributed by atoms with Crippen molar-refractivity contribution in [3.63, 3.8) is 0 Å². The number of nitrogens with zero attached hydrogens (tertiary/aromatic N) is 2. The maximum atomic E-state index is 11.9. The van der Waals surface area contributed by atoms with Crippen molar-refractivity contribution >= 4 is 11.9 Å². The molecule has 1 aromatic heterocycles. The normalized spacial score (nSPS) is 11.7. The number of ether oxygens (including phenoxy) is 1. The van der Waals surface area contributed by atoms with Gasteiger partial charge in [-0.3, -0.25) is 10.1 Å². The fourth-order valence-electron chi connectivity index (χ4n) is 1.45. The van der Waals surface area contributed by atoms with Gasteiger partial charge in [0.25, 0.3) is 5.91 Å². The van der Waals surface area contributed by atoms with E-state index in [-0.39, 0.29) is 11.9 Å². The molecule has 1 heterocycles. The molecular formula is C14H15N3O2. The van der Waals surface area contributed by atoms with Gasteiger partial charge in [0.05, 0.1) is 0 Å². The van der Waals surface area contributed by atoms with Crippen molar-refractivity contribution in [1.82, 2.24) is 9.97 Å². The number of carbonyl (C=O) groups is 1. The molecule has 5 nitrogen and oxygen atoms in total. The highest BCUT2D eigenvalue weighted by atomic mass is 16.5. The summed E-state index contributed by atoms with van der Waals surface area (Å²) in [5.74, 6) is 0.640. The van der Waals surface area contributed by atoms with Crippen molar-refractivity contribution in [2.24, 2.45) is 0 Å². The van der Waals surface area contributed by atoms with Crippen LogP contribution in [0.15, 0.2) is 42.7 Å². The summed E-state index contributed by atoms with van der Waals surface area (Å²) in [6, 6.07) is 9.21. The SMILES string of the molecule is Cc1ccc(O[C@@H](C)C(=O)Nc2ncccn2)cc1. The summed E-state index contributed by atoms with van der Waals surface area (Å²) in [4.78, 5) is 19.7. The Bertz CT molecular complexity index is 540. The zero-order valence-corrected chi connectivity index (χ0v) is 10.8. The number of nitrogens with one attached hydrogen (secondary N) is 1. The van der Waals surface area contributed by atoms with E-state index in [1.54, 1.807) is 25.4 Å². The second-order valence-corrected chi connectivity index (χ2v) is 4.13. The van der Waals surface area contributed by atoms with Crippen molar-refractivity contribution in [2.75, 3.05) is 5.32 Å². The van der Waals surface area contributed by atoms with Crippen molar-refractivity contribution in [3.05, 3.63) is 48.3 Å². The highest BCUT2D eigenvalue weighted by molar-refractivity contribution is 5.92. The van der Waals surface area contributed by atoms with Crippen molar-refractivity contribution in [1.29, 1.82) is 0 Å². The van der Waals surface area contributed by atoms with Crippen molar-refractivity contribution < 1.29 is 9.53 Å². The molecule has 5 heteroatoms. The van der Waals surface area contributed by atoms with Gasteiger partial charge in [-0.15, -0.1) is 0 Å². The molecule has 0 aliphatic carbocycles. The van der Waals surface area contributed by atoms with Gasteiger partial charge in [0, 0.05) is 12.4 Å². The van der Waals surface area contributed by atoms with E-state index in [1.807, 2.05) is 31.2 Å². The van der Waals surface area contributed by atoms with Gasteiger partial charge >= 0.3 is 0 Å². The molecule has 0 saturated carbocycles. The Balaban J connectivity index is 1.94. The first-order valence-electron chi connectivity index (χ1n) is 5.96. The zero-order valence-electron chi connectivity index (χ0n) is 10.8. The fraction of sp³-hybridized carbons (Fsp3) is 0.214. The Morgan fingerprint density at radius 2 is 1.84 bits per heavy atom. The number of amides is 1. The summed E-state index contributed by atoms with van der Waals surface area (Å²) >= 11 is 0. The Morgan fingerprint density at radius 1 is 1.21 bits per heavy atom. The predicted molar refractivity (Wildman–Crippen MR) is 71.9 cm³/mol. The minimum atomic E-state index is -0.619. The van der Waals surface area contributed by atoms with Crippen molar-refractivity contribution in [3.8, 4) is 5.75 Å². The average molecular weight is 257 g/mol. The lowest BCUT2D eigenvalue weighted by Gasteiger charge is -2.14. The second kappa shape index (κ2) is 5.95. The van der Waals surface area contributed by atoms with Crippen LogP contribution in [0.5, 0.6) is 5.75 Å². The van der Waals surface area contributed by atoms with E-state index < -0.39 is 6.10 Å². The molecule has 1 amide bonds. The standard InChI is InChI=1S/C14H15N3O2/c1-10-4-6-12(7-5-10)19-11(2)13(18)17-14-15-8-3-9-16-14/h3-9,11H,1-2H3,(H,15,16,17,18)/t11-/m0/s1. The molecule has 0 unspecified atom stereocenters. The minimum absolute atomic E-state index is 0.270. The van der Waals surface area contributed by atoms with E-state index in [2.05, 4.69) is 15.3 Å². The highest BCUT2D eigenvalue weighted by Crippen LogP contribution is 2.13. The number of benzene rings is 1. The molecule has 98 valence electrons. The third kappa shape index (κ3) is 3.77. The van der Waals surface area contributed by atoms with Crippen LogP contribution in [0.1, 0.15) is 12.5 Å². The first kappa shape index (κ1) is 13.0. The molecule has 0 aliphatic rings. The number of anilines is 1. The molecule has 1 atom stereocenters. The first-order valence-corrected chi connectivity index (χ1v) is 5.96. The van der Waals surface area contributed by atoms with E-state index in [1.165, 1.54) is 0 Å². The first-order chi connectivity index (χ1) is 9.15. The molecule has 0 radical (unpaired) electrons. The van der Waals surface area contributed by atoms with Gasteiger partial charge in [0.1, 0.15) is 5.75 Å². The summed E-state index contributed by atoms with van der Waals surface area (Å²) < 4.78 is 5.54. The maximum absolute atomic E-state index is 11.9. The Kier molecular flexibility index (Phi) is 4.07. The monoisotopic (exact) mass is 257 g/mol. The molecule has 0 bridgehead atoms. The Morgan fingerprint density at radius 3 is 2.47 bits per heavy atom. The van der Waals surface area contributed by atoms with Crippen LogP contribution in [0.4, 0.5) is 5.95 Å². The summed E-state index contributed by atoms with van der Waals surface area (Å²) in [6.07, 6.45) is 2.51. The van der Waals surface area contributed by atoms with E-state index in [0.29, 0.717) is 5.75 Å². The zero-order chi connectivity index (χ0) is 13.7. The van der Waals surface area contributed by atoms with Gasteiger partial charge in [-0.05, 0) is 32.0 Å². The molecular weight excluding hydrogens is 242 g/mol. The maximum Gasteiger partial charge on any atom is 0.267 e. The van der Waals surface area contributed by atoms with Crippen LogP contribution in [0.25, 0.3) is 0 Å². The molecule has 1 aromatic carbocycles. The molecule has 2 aromatic rings. The lowest BCUT2D eigenvalue weighted by Crippen LogP contribution is -2.30. The van der Waals surface area contributed by atoms with Gasteiger partial charge in [-0.1, -0.05) is 17.7 Å². The van der Waals surface area contributed by atoms with Crippen molar-refractivity contribution in [2.45, 2.75) is 20.0 Å². The van der Waals surface area contributed by atoms with Crippen LogP contribution in [0.2, 0.25) is 0 Å². The average Bonchev–Trinajstić information content (AvgIpc) is 2.42. The molecule has 19 heavy (non-hydrogen) atoms. The number of aryl methyl sites for hydroxylation is 1. The molecule has 1 N–H and O–H groups in total. The van der Waals surface area contributed by atoms with Gasteiger partial charge in [0.15, 0.2) is 6.10 Å². The summed E-state index contributed by atoms with van der Waals surface area (Å²) in [6.45, 7) is 3.67. The quantitative estimate of drug-likeness (QED) is 0.911. The molecule has 0 spiro atoms. The number of aromatic nitrogens is 2. The topological polar surface area (TPSA) is 64.1 Å². The minimum Gasteiger partial charge on any atom is -0.481 e. The fourth-order valence-corrected chi connectivity index (χ4v) is 1.45. The summed E-state index contributed by atoms with van der Waals surface area (Å²) in [7, 11) is 0. The van der Waals surface area contributed by atoms with Crippen LogP contribution in [0.3, 0.4) is 0 Å². The number of hydrogen-bond donors (Lipinski definition) is 1. The van der Waals surface area contributed by atoms with Gasteiger partial charge in [-0.2, -0.15) is 0 Å². The smallest absolute Gasteiger partial charge is 0.267 e. The van der Waals surface area contributed by atoms with E-state index >= 15 is 0 Å². The molecule has 0 fully saturated rings. The summed E-state index contributed by atoms with van der Waals surface area (Å²) in [5.41, 5.74) is 1.14. The largest absolute Gasteiger partial charge is 0.481 e. The van der Waals surface area contributed by atoms with E-state index in [0.717, 1.165) is 5.56 Å². The van der Waals surface area contributed by atoms with Gasteiger partial charge in [-0.25, -0.2) is 9.97 Å². The van der Waals surface area contributed by atoms with Gasteiger partial charge < -0.3 is 4.74 Å². The Hall–Kier alpha value is -2.43. The second-order valence-electron chi connectivity index (χ2n) is 4.13. The highest BCUT2D eigenvalue weighted by Gasteiger charge is 2.15. The van der Waals surface area contributed by atoms with E-state index in [4.69, 9.17) is 4.74 Å². The number of hydrogen-bond acceptors (Lipinski definition) is 4. The van der Waals surface area contributed by atoms with Crippen LogP contribution < -0.4 is 10.1 Å². The third-order valence-electron chi connectivity index (χ3n) is 2.50. The molecule has 0 aliphatic heterocycles. The molecule has 2 rings (SSSR count). The van der Waals surface area contributed by atoms with E-state index in [9.17, 15) is 4.79 Å². The van der Waals surface area contributed by atoms with Gasteiger partial charge in [0.2, 0.25) is 5.95 Å². The Labute approximate surface area is 111 Å². The van der Waals surface area contributed by atoms with Crippen LogP contribution in [0, 0.1) is 6.92 Å². The van der Waals surface area contributed by atoms with Crippen LogP contribution in [-0.4, -0.2) is 22.0 Å². The van der Waals surface area contributed by atoms with Crippen LogP contribution >= 0.6 is 0 Å². The molecule has 0 saturated heterocycles. The predicted octanol–water partition coefficient (Wildman–Crippen LogP) is 2.19. The third-order valence-corrected chi connectivity index (χ3v) is 2.50. The number of carbonyl (C=O) groups excluding carboxylic acids is 1. The van der Waals surface area contributed by atoms with Crippen LogP contribution in [-0.2, 0) is 4.79 Å². The lowest BCUT2D eigenvalue weighted by atomic mass is 10.2. The number of rotatable bonds is 4. The summed E-state index contributed by atoms with van der Waals surface area (Å²) in [5, 5.41) is 2.59.